The van der Waals surface area contributed by atoms with Gasteiger partial charge in [0.05, 0.1) is 23.4 Å². The number of carbonyl (C=O) groups is 1. The predicted molar refractivity (Wildman–Crippen MR) is 145 cm³/mol. The zero-order valence-corrected chi connectivity index (χ0v) is 23.3. The van der Waals surface area contributed by atoms with E-state index in [0.29, 0.717) is 28.8 Å². The van der Waals surface area contributed by atoms with Crippen LogP contribution in [0.5, 0.6) is 0 Å². The first-order valence-electron chi connectivity index (χ1n) is 11.8. The van der Waals surface area contributed by atoms with Crippen molar-refractivity contribution in [2.24, 2.45) is 0 Å². The summed E-state index contributed by atoms with van der Waals surface area (Å²) in [5.74, 6) is -1.16. The molecule has 0 aliphatic carbocycles. The number of carbonyl (C=O) groups excluding carboxylic acids is 1. The fourth-order valence-electron chi connectivity index (χ4n) is 4.51. The number of pyridine rings is 1. The number of halogens is 5. The Balaban J connectivity index is 1.47. The van der Waals surface area contributed by atoms with Crippen LogP contribution in [0.4, 0.5) is 28.9 Å². The van der Waals surface area contributed by atoms with E-state index in [1.807, 2.05) is 0 Å². The van der Waals surface area contributed by atoms with Crippen molar-refractivity contribution in [3.63, 3.8) is 0 Å². The third-order valence-corrected chi connectivity index (χ3v) is 8.05. The Bertz CT molecular complexity index is 1490. The molecule has 2 aromatic heterocycles. The van der Waals surface area contributed by atoms with Crippen LogP contribution in [0.1, 0.15) is 38.9 Å². The summed E-state index contributed by atoms with van der Waals surface area (Å²) < 4.78 is 78.4. The summed E-state index contributed by atoms with van der Waals surface area (Å²) in [5, 5.41) is 2.87. The Morgan fingerprint density at radius 1 is 1.15 bits per heavy atom. The number of anilines is 2. The van der Waals surface area contributed by atoms with Crippen molar-refractivity contribution >= 4 is 50.2 Å². The van der Waals surface area contributed by atoms with Crippen molar-refractivity contribution in [3.05, 3.63) is 62.7 Å². The third-order valence-electron chi connectivity index (χ3n) is 6.18. The van der Waals surface area contributed by atoms with Gasteiger partial charge in [-0.05, 0) is 74.7 Å². The maximum absolute atomic E-state index is 15.2. The molecule has 1 saturated heterocycles. The molecule has 7 nitrogen and oxygen atoms in total. The lowest BCUT2D eigenvalue weighted by molar-refractivity contribution is -0.147. The van der Waals surface area contributed by atoms with Crippen LogP contribution in [0.25, 0.3) is 11.3 Å². The van der Waals surface area contributed by atoms with Crippen LogP contribution in [0.15, 0.2) is 36.5 Å². The molecule has 2 N–H and O–H groups in total. The van der Waals surface area contributed by atoms with Crippen molar-refractivity contribution in [1.29, 1.82) is 0 Å². The summed E-state index contributed by atoms with van der Waals surface area (Å²) in [4.78, 5) is 19.5. The van der Waals surface area contributed by atoms with Gasteiger partial charge < -0.3 is 5.32 Å². The minimum atomic E-state index is -4.25. The second-order valence-electron chi connectivity index (χ2n) is 9.40. The molecule has 1 amide bonds. The number of alkyl halides is 3. The van der Waals surface area contributed by atoms with Crippen LogP contribution in [0.2, 0.25) is 5.02 Å². The number of amides is 1. The van der Waals surface area contributed by atoms with Crippen LogP contribution >= 0.6 is 22.9 Å². The Morgan fingerprint density at radius 3 is 2.44 bits per heavy atom. The summed E-state index contributed by atoms with van der Waals surface area (Å²) in [6.45, 7) is 1.33. The number of benzene rings is 1. The minimum absolute atomic E-state index is 0.0726. The van der Waals surface area contributed by atoms with E-state index < -0.39 is 34.5 Å². The minimum Gasteiger partial charge on any atom is -0.321 e. The van der Waals surface area contributed by atoms with E-state index in [0.717, 1.165) is 17.6 Å². The third kappa shape index (κ3) is 7.90. The monoisotopic (exact) mass is 604 g/mol. The molecular weight excluding hydrogens is 580 g/mol. The van der Waals surface area contributed by atoms with Crippen LogP contribution in [-0.2, 0) is 10.0 Å². The molecule has 4 rings (SSSR count). The largest absolute Gasteiger partial charge is 0.401 e. The first-order valence-corrected chi connectivity index (χ1v) is 14.9. The lowest BCUT2D eigenvalue weighted by atomic mass is 9.90. The average molecular weight is 605 g/mol. The van der Waals surface area contributed by atoms with E-state index in [2.05, 4.69) is 15.0 Å². The second-order valence-corrected chi connectivity index (χ2v) is 12.8. The van der Waals surface area contributed by atoms with Crippen LogP contribution in [0.3, 0.4) is 0 Å². The molecule has 3 aromatic rings. The number of aryl methyl sites for hydroxylation is 1. The standard InChI is InChI=1S/C25H25ClF4N4O3S2/c1-14-20(11-22(38-14)24(35)32-18-8-17(26)9-19(10-18)33-39(2,36)37)23-21(27)7-16(12-31-23)15-3-5-34(6-4-15)13-25(28,29)30/h7-12,15,33H,3-6,13H2,1-2H3,(H,32,35). The summed E-state index contributed by atoms with van der Waals surface area (Å²) in [7, 11) is -3.55. The van der Waals surface area contributed by atoms with Crippen molar-refractivity contribution in [2.45, 2.75) is 31.9 Å². The van der Waals surface area contributed by atoms with Crippen molar-refractivity contribution < 1.29 is 30.8 Å². The van der Waals surface area contributed by atoms with Crippen LogP contribution in [-0.4, -0.2) is 56.3 Å². The lowest BCUT2D eigenvalue weighted by Crippen LogP contribution is -2.39. The molecule has 1 aromatic carbocycles. The molecule has 0 saturated carbocycles. The Morgan fingerprint density at radius 2 is 1.82 bits per heavy atom. The Kier molecular flexibility index (Phi) is 8.55. The van der Waals surface area contributed by atoms with Crippen molar-refractivity contribution in [1.82, 2.24) is 9.88 Å². The number of hydrogen-bond donors (Lipinski definition) is 2. The molecule has 1 fully saturated rings. The highest BCUT2D eigenvalue weighted by molar-refractivity contribution is 7.92. The number of rotatable bonds is 7. The molecule has 14 heteroatoms. The molecule has 3 heterocycles. The van der Waals surface area contributed by atoms with Crippen molar-refractivity contribution in [3.8, 4) is 11.3 Å². The van der Waals surface area contributed by atoms with Gasteiger partial charge in [-0.1, -0.05) is 11.6 Å². The van der Waals surface area contributed by atoms with E-state index in [1.165, 1.54) is 35.2 Å². The number of nitrogens with one attached hydrogen (secondary N) is 2. The molecule has 0 unspecified atom stereocenters. The topological polar surface area (TPSA) is 91.4 Å². The lowest BCUT2D eigenvalue weighted by Gasteiger charge is -2.32. The van der Waals surface area contributed by atoms with Gasteiger partial charge in [0.25, 0.3) is 5.91 Å². The van der Waals surface area contributed by atoms with E-state index in [1.54, 1.807) is 13.1 Å². The zero-order valence-electron chi connectivity index (χ0n) is 20.9. The van der Waals surface area contributed by atoms with Gasteiger partial charge in [0.2, 0.25) is 10.0 Å². The quantitative estimate of drug-likeness (QED) is 0.310. The fourth-order valence-corrected chi connectivity index (χ4v) is 6.21. The van der Waals surface area contributed by atoms with Crippen LogP contribution in [0, 0.1) is 12.7 Å². The van der Waals surface area contributed by atoms with Gasteiger partial charge in [-0.15, -0.1) is 11.3 Å². The van der Waals surface area contributed by atoms with E-state index >= 15 is 4.39 Å². The SMILES string of the molecule is Cc1sc(C(=O)Nc2cc(Cl)cc(NS(C)(=O)=O)c2)cc1-c1ncc(C2CCN(CC(F)(F)F)CC2)cc1F. The molecule has 210 valence electrons. The van der Waals surface area contributed by atoms with E-state index in [-0.39, 0.29) is 46.0 Å². The number of piperidine rings is 1. The number of aromatic nitrogens is 1. The van der Waals surface area contributed by atoms with Gasteiger partial charge in [0, 0.05) is 27.3 Å². The predicted octanol–water partition coefficient (Wildman–Crippen LogP) is 6.28. The second kappa shape index (κ2) is 11.4. The molecule has 0 bridgehead atoms. The highest BCUT2D eigenvalue weighted by atomic mass is 35.5. The summed E-state index contributed by atoms with van der Waals surface area (Å²) in [6.07, 6.45) is -0.764. The number of hydrogen-bond acceptors (Lipinski definition) is 6. The van der Waals surface area contributed by atoms with Gasteiger partial charge in [-0.25, -0.2) is 12.8 Å². The number of thiophene rings is 1. The molecule has 1 aliphatic heterocycles. The number of likely N-dealkylation sites (tertiary alicyclic amines) is 1. The van der Waals surface area contributed by atoms with Gasteiger partial charge >= 0.3 is 6.18 Å². The fraction of sp³-hybridized carbons (Fsp3) is 0.360. The highest BCUT2D eigenvalue weighted by Gasteiger charge is 2.33. The maximum Gasteiger partial charge on any atom is 0.401 e. The van der Waals surface area contributed by atoms with Crippen molar-refractivity contribution in [2.75, 3.05) is 35.9 Å². The zero-order chi connectivity index (χ0) is 28.5. The smallest absolute Gasteiger partial charge is 0.321 e. The summed E-state index contributed by atoms with van der Waals surface area (Å²) >= 11 is 7.20. The Labute approximate surface area is 232 Å². The molecule has 0 radical (unpaired) electrons. The number of sulfonamides is 1. The van der Waals surface area contributed by atoms with Gasteiger partial charge in [-0.2, -0.15) is 13.2 Å². The normalized spacial score (nSPS) is 15.4. The van der Waals surface area contributed by atoms with Gasteiger partial charge in [0.15, 0.2) is 0 Å². The molecule has 0 atom stereocenters. The van der Waals surface area contributed by atoms with E-state index in [9.17, 15) is 26.4 Å². The average Bonchev–Trinajstić information content (AvgIpc) is 3.18. The van der Waals surface area contributed by atoms with E-state index in [4.69, 9.17) is 11.6 Å². The van der Waals surface area contributed by atoms with Gasteiger partial charge in [-0.3, -0.25) is 19.4 Å². The maximum atomic E-state index is 15.2. The van der Waals surface area contributed by atoms with Gasteiger partial charge in [0.1, 0.15) is 11.5 Å². The first-order chi connectivity index (χ1) is 18.2. The Hall–Kier alpha value is -2.74. The molecule has 0 spiro atoms. The molecule has 39 heavy (non-hydrogen) atoms. The number of nitrogens with zero attached hydrogens (tertiary/aromatic N) is 2. The first kappa shape index (κ1) is 29.2. The molecular formula is C25H25ClF4N4O3S2. The van der Waals surface area contributed by atoms with Crippen LogP contribution < -0.4 is 10.0 Å². The molecule has 1 aliphatic rings. The summed E-state index contributed by atoms with van der Waals surface area (Å²) in [6, 6.07) is 7.17. The highest BCUT2D eigenvalue weighted by Crippen LogP contribution is 2.35. The summed E-state index contributed by atoms with van der Waals surface area (Å²) in [5.41, 5.74) is 1.60.